The van der Waals surface area contributed by atoms with Crippen LogP contribution >= 0.6 is 11.8 Å². The number of carbonyl (C=O) groups is 2. The molecule has 3 aromatic rings. The van der Waals surface area contributed by atoms with E-state index in [0.29, 0.717) is 28.6 Å². The molecule has 0 bridgehead atoms. The van der Waals surface area contributed by atoms with Crippen LogP contribution in [-0.4, -0.2) is 43.7 Å². The number of aromatic nitrogens is 3. The molecule has 1 amide bonds. The predicted molar refractivity (Wildman–Crippen MR) is 117 cm³/mol. The van der Waals surface area contributed by atoms with E-state index in [-0.39, 0.29) is 17.7 Å². The maximum absolute atomic E-state index is 13.1. The molecule has 1 saturated heterocycles. The molecular formula is C23H24N4O2S. The van der Waals surface area contributed by atoms with Gasteiger partial charge >= 0.3 is 0 Å². The van der Waals surface area contributed by atoms with Gasteiger partial charge in [-0.25, -0.2) is 0 Å². The number of thioether (sulfide) groups is 1. The van der Waals surface area contributed by atoms with Gasteiger partial charge in [-0.05, 0) is 31.9 Å². The van der Waals surface area contributed by atoms with E-state index in [0.717, 1.165) is 24.2 Å². The van der Waals surface area contributed by atoms with E-state index in [4.69, 9.17) is 0 Å². The highest BCUT2D eigenvalue weighted by molar-refractivity contribution is 7.99. The SMILES string of the molecule is Cc1cccc(C(=O)N2CCCC2c2nnc(SCC(=O)c3ccccc3)n2C)c1. The molecule has 1 aromatic heterocycles. The van der Waals surface area contributed by atoms with Gasteiger partial charge in [0, 0.05) is 24.7 Å². The fourth-order valence-corrected chi connectivity index (χ4v) is 4.61. The Labute approximate surface area is 180 Å². The number of likely N-dealkylation sites (tertiary alicyclic amines) is 1. The van der Waals surface area contributed by atoms with Crippen LogP contribution in [0.25, 0.3) is 0 Å². The van der Waals surface area contributed by atoms with Crippen LogP contribution in [0, 0.1) is 6.92 Å². The van der Waals surface area contributed by atoms with Crippen molar-refractivity contribution >= 4 is 23.5 Å². The molecule has 6 nitrogen and oxygen atoms in total. The monoisotopic (exact) mass is 420 g/mol. The Hall–Kier alpha value is -2.93. The summed E-state index contributed by atoms with van der Waals surface area (Å²) in [5.41, 5.74) is 2.46. The number of rotatable bonds is 6. The standard InChI is InChI=1S/C23H24N4O2S/c1-16-8-6-11-18(14-16)22(29)27-13-7-12-19(27)21-24-25-23(26(21)2)30-15-20(28)17-9-4-3-5-10-17/h3-6,8-11,14,19H,7,12-13,15H2,1-2H3. The Kier molecular flexibility index (Phi) is 5.99. The first kappa shape index (κ1) is 20.3. The van der Waals surface area contributed by atoms with Crippen LogP contribution < -0.4 is 0 Å². The molecule has 1 unspecified atom stereocenters. The second kappa shape index (κ2) is 8.83. The molecule has 154 valence electrons. The van der Waals surface area contributed by atoms with Gasteiger partial charge in [-0.2, -0.15) is 0 Å². The molecule has 1 aliphatic rings. The maximum atomic E-state index is 13.1. The molecule has 2 heterocycles. The summed E-state index contributed by atoms with van der Waals surface area (Å²) in [5, 5.41) is 9.36. The van der Waals surface area contributed by atoms with Crippen LogP contribution in [0.15, 0.2) is 59.8 Å². The lowest BCUT2D eigenvalue weighted by atomic mass is 10.1. The number of carbonyl (C=O) groups excluding carboxylic acids is 2. The van der Waals surface area contributed by atoms with Crippen LogP contribution in [0.1, 0.15) is 51.0 Å². The summed E-state index contributed by atoms with van der Waals surface area (Å²) in [4.78, 5) is 27.4. The Balaban J connectivity index is 1.48. The normalized spacial score (nSPS) is 16.1. The van der Waals surface area contributed by atoms with Gasteiger partial charge in [-0.15, -0.1) is 10.2 Å². The number of benzene rings is 2. The highest BCUT2D eigenvalue weighted by Gasteiger charge is 2.34. The minimum Gasteiger partial charge on any atom is -0.328 e. The van der Waals surface area contributed by atoms with Gasteiger partial charge in [0.2, 0.25) is 0 Å². The molecule has 1 fully saturated rings. The van der Waals surface area contributed by atoms with E-state index in [1.54, 1.807) is 0 Å². The third-order valence-corrected chi connectivity index (χ3v) is 6.39. The highest BCUT2D eigenvalue weighted by atomic mass is 32.2. The zero-order chi connectivity index (χ0) is 21.1. The van der Waals surface area contributed by atoms with Gasteiger partial charge in [0.15, 0.2) is 16.8 Å². The summed E-state index contributed by atoms with van der Waals surface area (Å²) in [6, 6.07) is 16.8. The van der Waals surface area contributed by atoms with Gasteiger partial charge < -0.3 is 9.47 Å². The van der Waals surface area contributed by atoms with Crippen molar-refractivity contribution in [2.24, 2.45) is 7.05 Å². The summed E-state index contributed by atoms with van der Waals surface area (Å²) in [5.74, 6) is 1.15. The topological polar surface area (TPSA) is 68.1 Å². The maximum Gasteiger partial charge on any atom is 0.254 e. The zero-order valence-corrected chi connectivity index (χ0v) is 17.9. The molecule has 7 heteroatoms. The van der Waals surface area contributed by atoms with Crippen molar-refractivity contribution in [2.45, 2.75) is 31.0 Å². The minimum atomic E-state index is -0.102. The van der Waals surface area contributed by atoms with Crippen LogP contribution in [0.2, 0.25) is 0 Å². The van der Waals surface area contributed by atoms with Gasteiger partial charge in [-0.3, -0.25) is 9.59 Å². The second-order valence-corrected chi connectivity index (χ2v) is 8.45. The molecule has 0 aliphatic carbocycles. The molecule has 0 saturated carbocycles. The molecule has 1 atom stereocenters. The van der Waals surface area contributed by atoms with E-state index in [1.807, 2.05) is 78.0 Å². The van der Waals surface area contributed by atoms with Crippen molar-refractivity contribution in [3.8, 4) is 0 Å². The van der Waals surface area contributed by atoms with Crippen LogP contribution in [-0.2, 0) is 7.05 Å². The fraction of sp³-hybridized carbons (Fsp3) is 0.304. The fourth-order valence-electron chi connectivity index (χ4n) is 3.80. The number of hydrogen-bond donors (Lipinski definition) is 0. The quantitative estimate of drug-likeness (QED) is 0.444. The smallest absolute Gasteiger partial charge is 0.254 e. The molecule has 1 aliphatic heterocycles. The molecule has 0 N–H and O–H groups in total. The Bertz CT molecular complexity index is 1060. The summed E-state index contributed by atoms with van der Waals surface area (Å²) in [7, 11) is 1.90. The Morgan fingerprint density at radius 2 is 1.83 bits per heavy atom. The molecule has 4 rings (SSSR count). The van der Waals surface area contributed by atoms with E-state index >= 15 is 0 Å². The van der Waals surface area contributed by atoms with Crippen molar-refractivity contribution < 1.29 is 9.59 Å². The average Bonchev–Trinajstić information content (AvgIpc) is 3.38. The zero-order valence-electron chi connectivity index (χ0n) is 17.1. The second-order valence-electron chi connectivity index (χ2n) is 7.50. The molecule has 2 aromatic carbocycles. The van der Waals surface area contributed by atoms with Gasteiger partial charge in [0.1, 0.15) is 0 Å². The molecule has 30 heavy (non-hydrogen) atoms. The van der Waals surface area contributed by atoms with Gasteiger partial charge in [-0.1, -0.05) is 59.8 Å². The molecular weight excluding hydrogens is 396 g/mol. The van der Waals surface area contributed by atoms with Gasteiger partial charge in [0.05, 0.1) is 11.8 Å². The molecule has 0 spiro atoms. The van der Waals surface area contributed by atoms with Crippen molar-refractivity contribution in [3.05, 3.63) is 77.1 Å². The summed E-state index contributed by atoms with van der Waals surface area (Å²) >= 11 is 1.37. The minimum absolute atomic E-state index is 0.0256. The van der Waals surface area contributed by atoms with E-state index < -0.39 is 0 Å². The third-order valence-electron chi connectivity index (χ3n) is 5.37. The van der Waals surface area contributed by atoms with E-state index in [1.165, 1.54) is 11.8 Å². The van der Waals surface area contributed by atoms with E-state index in [2.05, 4.69) is 10.2 Å². The Morgan fingerprint density at radius 1 is 1.07 bits per heavy atom. The summed E-state index contributed by atoms with van der Waals surface area (Å²) in [6.45, 7) is 2.69. The number of ketones is 1. The van der Waals surface area contributed by atoms with Crippen molar-refractivity contribution in [3.63, 3.8) is 0 Å². The lowest BCUT2D eigenvalue weighted by molar-refractivity contribution is 0.0727. The average molecular weight is 421 g/mol. The lowest BCUT2D eigenvalue weighted by Crippen LogP contribution is -2.32. The highest BCUT2D eigenvalue weighted by Crippen LogP contribution is 2.33. The van der Waals surface area contributed by atoms with Crippen LogP contribution in [0.5, 0.6) is 0 Å². The van der Waals surface area contributed by atoms with E-state index in [9.17, 15) is 9.59 Å². The van der Waals surface area contributed by atoms with Crippen molar-refractivity contribution in [2.75, 3.05) is 12.3 Å². The van der Waals surface area contributed by atoms with Crippen molar-refractivity contribution in [1.82, 2.24) is 19.7 Å². The first-order valence-electron chi connectivity index (χ1n) is 10.0. The number of hydrogen-bond acceptors (Lipinski definition) is 5. The Morgan fingerprint density at radius 3 is 2.60 bits per heavy atom. The van der Waals surface area contributed by atoms with Crippen LogP contribution in [0.3, 0.4) is 0 Å². The van der Waals surface area contributed by atoms with Crippen LogP contribution in [0.4, 0.5) is 0 Å². The molecule has 0 radical (unpaired) electrons. The lowest BCUT2D eigenvalue weighted by Gasteiger charge is -2.24. The first-order valence-corrected chi connectivity index (χ1v) is 11.0. The van der Waals surface area contributed by atoms with Crippen molar-refractivity contribution in [1.29, 1.82) is 0 Å². The third kappa shape index (κ3) is 4.16. The summed E-state index contributed by atoms with van der Waals surface area (Å²) in [6.07, 6.45) is 1.79. The van der Waals surface area contributed by atoms with Gasteiger partial charge in [0.25, 0.3) is 5.91 Å². The largest absolute Gasteiger partial charge is 0.328 e. The number of Topliss-reactive ketones (excluding diaryl/α,β-unsaturated/α-hetero) is 1. The number of nitrogens with zero attached hydrogens (tertiary/aromatic N) is 4. The summed E-state index contributed by atoms with van der Waals surface area (Å²) < 4.78 is 1.91. The predicted octanol–water partition coefficient (Wildman–Crippen LogP) is 4.08. The first-order chi connectivity index (χ1) is 14.5. The number of aryl methyl sites for hydroxylation is 1. The number of amides is 1.